The van der Waals surface area contributed by atoms with Crippen LogP contribution in [0.2, 0.25) is 0 Å². The van der Waals surface area contributed by atoms with E-state index in [9.17, 15) is 4.79 Å². The smallest absolute Gasteiger partial charge is 0.321 e. The second kappa shape index (κ2) is 3.66. The van der Waals surface area contributed by atoms with Crippen LogP contribution < -0.4 is 5.32 Å². The average molecular weight is 173 g/mol. The van der Waals surface area contributed by atoms with Crippen LogP contribution in [0.25, 0.3) is 0 Å². The number of aliphatic hydroxyl groups is 2. The van der Waals surface area contributed by atoms with Crippen molar-refractivity contribution < 1.29 is 20.1 Å². The fourth-order valence-corrected chi connectivity index (χ4v) is 1.07. The largest absolute Gasteiger partial charge is 0.480 e. The number of hydrogen-bond acceptors (Lipinski definition) is 4. The first kappa shape index (κ1) is 9.18. The zero-order valence-corrected chi connectivity index (χ0v) is 6.34. The van der Waals surface area contributed by atoms with E-state index in [0.29, 0.717) is 6.42 Å². The van der Waals surface area contributed by atoms with Crippen LogP contribution in [0.4, 0.5) is 0 Å². The molecule has 0 aromatic rings. The van der Waals surface area contributed by atoms with Gasteiger partial charge >= 0.3 is 5.97 Å². The highest BCUT2D eigenvalue weighted by Gasteiger charge is 2.25. The van der Waals surface area contributed by atoms with Gasteiger partial charge in [-0.2, -0.15) is 0 Å². The Labute approximate surface area is 69.3 Å². The van der Waals surface area contributed by atoms with Crippen molar-refractivity contribution in [3.8, 4) is 0 Å². The molecule has 0 spiro atoms. The minimum Gasteiger partial charge on any atom is -0.480 e. The van der Waals surface area contributed by atoms with Gasteiger partial charge in [-0.25, -0.2) is 0 Å². The summed E-state index contributed by atoms with van der Waals surface area (Å²) in [5.74, 6) is -0.981. The second-order valence-electron chi connectivity index (χ2n) is 2.66. The fourth-order valence-electron chi connectivity index (χ4n) is 1.07. The van der Waals surface area contributed by atoms with Gasteiger partial charge < -0.3 is 15.3 Å². The summed E-state index contributed by atoms with van der Waals surface area (Å²) in [5.41, 5.74) is 0. The molecule has 2 unspecified atom stereocenters. The first-order chi connectivity index (χ1) is 5.61. The third-order valence-corrected chi connectivity index (χ3v) is 1.73. The number of carbonyl (C=O) groups is 1. The zero-order valence-electron chi connectivity index (χ0n) is 6.34. The number of aliphatic carboxylic acids is 1. The molecule has 0 amide bonds. The van der Waals surface area contributed by atoms with E-state index in [4.69, 9.17) is 15.3 Å². The Morgan fingerprint density at radius 1 is 1.58 bits per heavy atom. The van der Waals surface area contributed by atoms with Crippen LogP contribution in [0, 0.1) is 0 Å². The molecular formula is C7H11NO4. The minimum atomic E-state index is -1.55. The number of aliphatic hydroxyl groups excluding tert-OH is 1. The first-order valence-electron chi connectivity index (χ1n) is 3.63. The van der Waals surface area contributed by atoms with E-state index in [0.717, 1.165) is 0 Å². The molecule has 1 aliphatic rings. The molecule has 0 saturated carbocycles. The normalized spacial score (nSPS) is 29.2. The summed E-state index contributed by atoms with van der Waals surface area (Å²) >= 11 is 0. The zero-order chi connectivity index (χ0) is 9.14. The maximum absolute atomic E-state index is 10.5. The highest BCUT2D eigenvalue weighted by molar-refractivity contribution is 5.74. The van der Waals surface area contributed by atoms with Crippen LogP contribution in [0.1, 0.15) is 6.42 Å². The Morgan fingerprint density at radius 2 is 2.25 bits per heavy atom. The quantitative estimate of drug-likeness (QED) is 0.307. The maximum atomic E-state index is 10.5. The molecule has 0 radical (unpaired) electrons. The molecule has 5 nitrogen and oxygen atoms in total. The highest BCUT2D eigenvalue weighted by Crippen LogP contribution is 2.06. The number of hydrogen-bond donors (Lipinski definition) is 4. The van der Waals surface area contributed by atoms with Crippen LogP contribution in [-0.4, -0.2) is 39.7 Å². The van der Waals surface area contributed by atoms with Crippen LogP contribution >= 0.6 is 0 Å². The molecule has 0 aromatic heterocycles. The standard InChI is InChI=1S/C7H11NO4/c9-6(10)4-2-1-3-5(8-4)7(11)12/h1-2,4-6,8-10H,3H2,(H,11,12). The van der Waals surface area contributed by atoms with E-state index in [2.05, 4.69) is 5.32 Å². The van der Waals surface area contributed by atoms with Gasteiger partial charge in [-0.15, -0.1) is 0 Å². The molecular weight excluding hydrogens is 162 g/mol. The van der Waals surface area contributed by atoms with Crippen LogP contribution in [0.15, 0.2) is 12.2 Å². The molecule has 12 heavy (non-hydrogen) atoms. The molecule has 4 N–H and O–H groups in total. The van der Waals surface area contributed by atoms with Crippen molar-refractivity contribution >= 4 is 5.97 Å². The van der Waals surface area contributed by atoms with E-state index < -0.39 is 24.3 Å². The van der Waals surface area contributed by atoms with Crippen molar-refractivity contribution in [1.82, 2.24) is 5.32 Å². The van der Waals surface area contributed by atoms with E-state index in [-0.39, 0.29) is 0 Å². The van der Waals surface area contributed by atoms with Gasteiger partial charge in [0.15, 0.2) is 6.29 Å². The molecule has 1 aliphatic heterocycles. The van der Waals surface area contributed by atoms with Gasteiger partial charge in [0.1, 0.15) is 6.04 Å². The van der Waals surface area contributed by atoms with E-state index >= 15 is 0 Å². The minimum absolute atomic E-state index is 0.374. The Bertz CT molecular complexity index is 202. The van der Waals surface area contributed by atoms with Gasteiger partial charge in [-0.3, -0.25) is 10.1 Å². The first-order valence-corrected chi connectivity index (χ1v) is 3.63. The van der Waals surface area contributed by atoms with Crippen molar-refractivity contribution in [3.05, 3.63) is 12.2 Å². The van der Waals surface area contributed by atoms with E-state index in [1.807, 2.05) is 0 Å². The Balaban J connectivity index is 2.57. The number of nitrogens with one attached hydrogen (secondary N) is 1. The van der Waals surface area contributed by atoms with Gasteiger partial charge in [0.25, 0.3) is 0 Å². The van der Waals surface area contributed by atoms with E-state index in [1.54, 1.807) is 12.2 Å². The van der Waals surface area contributed by atoms with Gasteiger partial charge in [0.05, 0.1) is 6.04 Å². The van der Waals surface area contributed by atoms with Crippen molar-refractivity contribution in [2.24, 2.45) is 0 Å². The van der Waals surface area contributed by atoms with Crippen molar-refractivity contribution in [3.63, 3.8) is 0 Å². The monoisotopic (exact) mass is 173 g/mol. The van der Waals surface area contributed by atoms with Crippen molar-refractivity contribution in [1.29, 1.82) is 0 Å². The number of rotatable bonds is 2. The molecule has 0 fully saturated rings. The topological polar surface area (TPSA) is 89.8 Å². The number of carboxylic acids is 1. The summed E-state index contributed by atoms with van der Waals surface area (Å²) in [4.78, 5) is 10.5. The third kappa shape index (κ3) is 2.04. The predicted molar refractivity (Wildman–Crippen MR) is 40.3 cm³/mol. The maximum Gasteiger partial charge on any atom is 0.321 e. The summed E-state index contributed by atoms with van der Waals surface area (Å²) in [6, 6.07) is -1.40. The van der Waals surface area contributed by atoms with Gasteiger partial charge in [-0.1, -0.05) is 12.2 Å². The van der Waals surface area contributed by atoms with Gasteiger partial charge in [-0.05, 0) is 6.42 Å². The summed E-state index contributed by atoms with van der Waals surface area (Å²) in [6.07, 6.45) is 1.99. The second-order valence-corrected chi connectivity index (χ2v) is 2.66. The molecule has 1 rings (SSSR count). The average Bonchev–Trinajstić information content (AvgIpc) is 2.04. The van der Waals surface area contributed by atoms with Crippen molar-refractivity contribution in [2.75, 3.05) is 0 Å². The lowest BCUT2D eigenvalue weighted by atomic mass is 10.1. The predicted octanol–water partition coefficient (Wildman–Crippen LogP) is -1.33. The van der Waals surface area contributed by atoms with E-state index in [1.165, 1.54) is 0 Å². The molecule has 5 heteroatoms. The molecule has 0 aliphatic carbocycles. The Kier molecular flexibility index (Phi) is 2.80. The summed E-state index contributed by atoms with van der Waals surface area (Å²) < 4.78 is 0. The van der Waals surface area contributed by atoms with Crippen LogP contribution in [-0.2, 0) is 4.79 Å². The number of carboxylic acid groups (broad SMARTS) is 1. The Morgan fingerprint density at radius 3 is 2.75 bits per heavy atom. The fraction of sp³-hybridized carbons (Fsp3) is 0.571. The highest BCUT2D eigenvalue weighted by atomic mass is 16.5. The third-order valence-electron chi connectivity index (χ3n) is 1.73. The van der Waals surface area contributed by atoms with Crippen LogP contribution in [0.3, 0.4) is 0 Å². The lowest BCUT2D eigenvalue weighted by Crippen LogP contribution is -2.49. The SMILES string of the molecule is O=C(O)C1CC=CC(C(O)O)N1. The molecule has 0 aromatic carbocycles. The molecule has 0 bridgehead atoms. The molecule has 1 heterocycles. The lowest BCUT2D eigenvalue weighted by Gasteiger charge is -2.24. The molecule has 0 saturated heterocycles. The van der Waals surface area contributed by atoms with Crippen molar-refractivity contribution in [2.45, 2.75) is 24.8 Å². The van der Waals surface area contributed by atoms with Gasteiger partial charge in [0.2, 0.25) is 0 Å². The Hall–Kier alpha value is -0.910. The molecule has 2 atom stereocenters. The lowest BCUT2D eigenvalue weighted by molar-refractivity contribution is -0.140. The molecule has 68 valence electrons. The summed E-state index contributed by atoms with van der Waals surface area (Å²) in [6.45, 7) is 0. The summed E-state index contributed by atoms with van der Waals surface area (Å²) in [7, 11) is 0. The van der Waals surface area contributed by atoms with Gasteiger partial charge in [0, 0.05) is 0 Å². The summed E-state index contributed by atoms with van der Waals surface area (Å²) in [5, 5.41) is 28.6. The van der Waals surface area contributed by atoms with Crippen LogP contribution in [0.5, 0.6) is 0 Å².